The molecule has 25 heavy (non-hydrogen) atoms. The lowest BCUT2D eigenvalue weighted by molar-refractivity contribution is -0.137. The van der Waals surface area contributed by atoms with Gasteiger partial charge in [-0.3, -0.25) is 4.79 Å². The molecule has 0 aliphatic heterocycles. The molecule has 1 aromatic carbocycles. The van der Waals surface area contributed by atoms with Gasteiger partial charge in [0, 0.05) is 13.1 Å². The number of aromatic nitrogens is 3. The van der Waals surface area contributed by atoms with Gasteiger partial charge in [-0.05, 0) is 24.6 Å². The van der Waals surface area contributed by atoms with E-state index in [4.69, 9.17) is 0 Å². The van der Waals surface area contributed by atoms with Gasteiger partial charge in [0.05, 0.1) is 11.3 Å². The van der Waals surface area contributed by atoms with E-state index in [-0.39, 0.29) is 18.2 Å². The monoisotopic (exact) mass is 370 g/mol. The minimum atomic E-state index is -4.40. The standard InChI is InChI=1S/C16H17F3N4OS/c1-3-7-23-11(2)21-22-15(23)25-10-14(24)20-9-12-5-4-6-13(8-12)16(17,18)19/h3-6,8H,1,7,9-10H2,2H3,(H,20,24). The number of allylic oxidation sites excluding steroid dienone is 1. The topological polar surface area (TPSA) is 59.8 Å². The van der Waals surface area contributed by atoms with Crippen LogP contribution in [-0.2, 0) is 24.1 Å². The molecule has 0 unspecified atom stereocenters. The number of nitrogens with one attached hydrogen (secondary N) is 1. The first-order valence-corrected chi connectivity index (χ1v) is 8.36. The normalized spacial score (nSPS) is 11.4. The quantitative estimate of drug-likeness (QED) is 0.601. The number of halogens is 3. The highest BCUT2D eigenvalue weighted by atomic mass is 32.2. The van der Waals surface area contributed by atoms with E-state index < -0.39 is 11.7 Å². The predicted molar refractivity (Wildman–Crippen MR) is 89.0 cm³/mol. The van der Waals surface area contributed by atoms with Gasteiger partial charge in [-0.25, -0.2) is 0 Å². The van der Waals surface area contributed by atoms with Crippen LogP contribution in [0.15, 0.2) is 42.1 Å². The second-order valence-corrected chi connectivity index (χ2v) is 6.14. The summed E-state index contributed by atoms with van der Waals surface area (Å²) in [5, 5.41) is 11.1. The Balaban J connectivity index is 1.88. The van der Waals surface area contributed by atoms with Crippen molar-refractivity contribution in [3.63, 3.8) is 0 Å². The lowest BCUT2D eigenvalue weighted by Crippen LogP contribution is -2.25. The highest BCUT2D eigenvalue weighted by Crippen LogP contribution is 2.29. The molecule has 2 aromatic rings. The molecule has 0 aliphatic carbocycles. The van der Waals surface area contributed by atoms with Crippen molar-refractivity contribution in [2.45, 2.75) is 31.3 Å². The van der Waals surface area contributed by atoms with Crippen LogP contribution in [0.2, 0.25) is 0 Å². The number of alkyl halides is 3. The van der Waals surface area contributed by atoms with E-state index in [0.717, 1.165) is 12.1 Å². The molecule has 0 saturated carbocycles. The summed E-state index contributed by atoms with van der Waals surface area (Å²) >= 11 is 1.21. The summed E-state index contributed by atoms with van der Waals surface area (Å²) in [7, 11) is 0. The van der Waals surface area contributed by atoms with Crippen molar-refractivity contribution in [1.82, 2.24) is 20.1 Å². The Bertz CT molecular complexity index is 758. The Kier molecular flexibility index (Phi) is 6.24. The van der Waals surface area contributed by atoms with E-state index in [2.05, 4.69) is 22.1 Å². The number of aryl methyl sites for hydroxylation is 1. The van der Waals surface area contributed by atoms with Gasteiger partial charge >= 0.3 is 6.18 Å². The lowest BCUT2D eigenvalue weighted by atomic mass is 10.1. The summed E-state index contributed by atoms with van der Waals surface area (Å²) in [5.74, 6) is 0.508. The molecule has 0 aliphatic rings. The van der Waals surface area contributed by atoms with Crippen molar-refractivity contribution in [3.05, 3.63) is 53.9 Å². The number of carbonyl (C=O) groups is 1. The van der Waals surface area contributed by atoms with Crippen LogP contribution in [0.3, 0.4) is 0 Å². The van der Waals surface area contributed by atoms with Crippen LogP contribution >= 0.6 is 11.8 Å². The average molecular weight is 370 g/mol. The third-order valence-electron chi connectivity index (χ3n) is 3.29. The van der Waals surface area contributed by atoms with Crippen LogP contribution in [-0.4, -0.2) is 26.4 Å². The SMILES string of the molecule is C=CCn1c(C)nnc1SCC(=O)NCc1cccc(C(F)(F)F)c1. The Labute approximate surface area is 147 Å². The number of rotatable bonds is 7. The molecule has 134 valence electrons. The molecule has 2 rings (SSSR count). The highest BCUT2D eigenvalue weighted by molar-refractivity contribution is 7.99. The minimum Gasteiger partial charge on any atom is -0.351 e. The molecular weight excluding hydrogens is 353 g/mol. The third-order valence-corrected chi connectivity index (χ3v) is 4.26. The Hall–Kier alpha value is -2.29. The van der Waals surface area contributed by atoms with Crippen LogP contribution in [0.25, 0.3) is 0 Å². The smallest absolute Gasteiger partial charge is 0.351 e. The van der Waals surface area contributed by atoms with Crippen molar-refractivity contribution in [3.8, 4) is 0 Å². The molecule has 1 heterocycles. The second-order valence-electron chi connectivity index (χ2n) is 5.19. The maximum Gasteiger partial charge on any atom is 0.416 e. The summed E-state index contributed by atoms with van der Waals surface area (Å²) in [5.41, 5.74) is -0.347. The fourth-order valence-electron chi connectivity index (χ4n) is 2.05. The van der Waals surface area contributed by atoms with E-state index in [9.17, 15) is 18.0 Å². The molecule has 0 fully saturated rings. The number of thioether (sulfide) groups is 1. The van der Waals surface area contributed by atoms with Crippen molar-refractivity contribution in [1.29, 1.82) is 0 Å². The molecule has 0 bridgehead atoms. The fourth-order valence-corrected chi connectivity index (χ4v) is 2.87. The van der Waals surface area contributed by atoms with E-state index in [0.29, 0.717) is 23.1 Å². The van der Waals surface area contributed by atoms with Crippen molar-refractivity contribution in [2.75, 3.05) is 5.75 Å². The predicted octanol–water partition coefficient (Wildman–Crippen LogP) is 3.20. The van der Waals surface area contributed by atoms with Crippen LogP contribution in [0.4, 0.5) is 13.2 Å². The summed E-state index contributed by atoms with van der Waals surface area (Å²) in [4.78, 5) is 11.9. The Morgan fingerprint density at radius 2 is 2.16 bits per heavy atom. The summed E-state index contributed by atoms with van der Waals surface area (Å²) in [6.07, 6.45) is -2.70. The van der Waals surface area contributed by atoms with Crippen LogP contribution in [0.5, 0.6) is 0 Å². The van der Waals surface area contributed by atoms with Crippen molar-refractivity contribution < 1.29 is 18.0 Å². The molecular formula is C16H17F3N4OS. The first-order valence-electron chi connectivity index (χ1n) is 7.37. The molecule has 1 amide bonds. The fraction of sp³-hybridized carbons (Fsp3) is 0.312. The maximum absolute atomic E-state index is 12.7. The van der Waals surface area contributed by atoms with Gasteiger partial charge in [0.25, 0.3) is 0 Å². The van der Waals surface area contributed by atoms with Gasteiger partial charge in [0.2, 0.25) is 5.91 Å². The number of benzene rings is 1. The minimum absolute atomic E-state index is 0.0295. The van der Waals surface area contributed by atoms with Crippen LogP contribution in [0, 0.1) is 6.92 Å². The number of carbonyl (C=O) groups excluding carboxylic acids is 1. The van der Waals surface area contributed by atoms with E-state index >= 15 is 0 Å². The largest absolute Gasteiger partial charge is 0.416 e. The second kappa shape index (κ2) is 8.19. The third kappa shape index (κ3) is 5.35. The molecule has 0 spiro atoms. The Morgan fingerprint density at radius 3 is 2.84 bits per heavy atom. The molecule has 1 aromatic heterocycles. The van der Waals surface area contributed by atoms with Gasteiger partial charge < -0.3 is 9.88 Å². The zero-order chi connectivity index (χ0) is 18.4. The molecule has 5 nitrogen and oxygen atoms in total. The van der Waals surface area contributed by atoms with Crippen LogP contribution < -0.4 is 5.32 Å². The molecule has 9 heteroatoms. The summed E-state index contributed by atoms with van der Waals surface area (Å²) in [6, 6.07) is 4.87. The molecule has 0 radical (unpaired) electrons. The first-order chi connectivity index (χ1) is 11.8. The van der Waals surface area contributed by atoms with E-state index in [1.165, 1.54) is 23.9 Å². The average Bonchev–Trinajstić information content (AvgIpc) is 2.91. The lowest BCUT2D eigenvalue weighted by Gasteiger charge is -2.10. The number of hydrogen-bond donors (Lipinski definition) is 1. The first kappa shape index (κ1) is 19.0. The number of amides is 1. The van der Waals surface area contributed by atoms with Crippen molar-refractivity contribution in [2.24, 2.45) is 0 Å². The maximum atomic E-state index is 12.7. The van der Waals surface area contributed by atoms with E-state index in [1.54, 1.807) is 13.0 Å². The molecule has 0 atom stereocenters. The Morgan fingerprint density at radius 1 is 1.40 bits per heavy atom. The summed E-state index contributed by atoms with van der Waals surface area (Å²) < 4.78 is 39.8. The zero-order valence-electron chi connectivity index (χ0n) is 13.5. The van der Waals surface area contributed by atoms with Gasteiger partial charge in [-0.2, -0.15) is 13.2 Å². The van der Waals surface area contributed by atoms with Gasteiger partial charge in [-0.15, -0.1) is 16.8 Å². The van der Waals surface area contributed by atoms with Gasteiger partial charge in [0.15, 0.2) is 5.16 Å². The number of nitrogens with zero attached hydrogens (tertiary/aromatic N) is 3. The zero-order valence-corrected chi connectivity index (χ0v) is 14.3. The highest BCUT2D eigenvalue weighted by Gasteiger charge is 2.30. The van der Waals surface area contributed by atoms with Crippen LogP contribution in [0.1, 0.15) is 17.0 Å². The summed E-state index contributed by atoms with van der Waals surface area (Å²) in [6.45, 7) is 6.02. The molecule has 0 saturated heterocycles. The molecule has 1 N–H and O–H groups in total. The van der Waals surface area contributed by atoms with Gasteiger partial charge in [0.1, 0.15) is 5.82 Å². The van der Waals surface area contributed by atoms with E-state index in [1.807, 2.05) is 4.57 Å². The van der Waals surface area contributed by atoms with Crippen molar-refractivity contribution >= 4 is 17.7 Å². The van der Waals surface area contributed by atoms with Gasteiger partial charge in [-0.1, -0.05) is 30.0 Å². The number of hydrogen-bond acceptors (Lipinski definition) is 4.